The second kappa shape index (κ2) is 18.2. The van der Waals surface area contributed by atoms with Crippen molar-refractivity contribution < 1.29 is 1.43 Å². The minimum atomic E-state index is 0. The van der Waals surface area contributed by atoms with E-state index in [2.05, 4.69) is 229 Å². The molecule has 2 heterocycles. The largest absolute Gasteiger partial charge is 0.398 e. The van der Waals surface area contributed by atoms with E-state index in [4.69, 9.17) is 5.73 Å². The highest BCUT2D eigenvalue weighted by Gasteiger charge is 2.12. The fraction of sp³-hybridized carbons (Fsp3) is 0.0526. The summed E-state index contributed by atoms with van der Waals surface area (Å²) in [6, 6.07) is 34.0. The van der Waals surface area contributed by atoms with Gasteiger partial charge in [0.2, 0.25) is 0 Å². The van der Waals surface area contributed by atoms with E-state index in [1.807, 2.05) is 40.9 Å². The minimum absolute atomic E-state index is 0. The Bertz CT molecular complexity index is 2520. The molecule has 0 saturated carbocycles. The molecule has 0 radical (unpaired) electrons. The van der Waals surface area contributed by atoms with Gasteiger partial charge in [-0.25, -0.2) is 0 Å². The van der Waals surface area contributed by atoms with Crippen LogP contribution in [-0.2, 0) is 6.42 Å². The third-order valence-electron chi connectivity index (χ3n) is 7.43. The maximum Gasteiger partial charge on any atom is 0.0469 e. The van der Waals surface area contributed by atoms with E-state index in [9.17, 15) is 0 Å². The van der Waals surface area contributed by atoms with Crippen LogP contribution in [0.15, 0.2) is 133 Å². The number of anilines is 1. The van der Waals surface area contributed by atoms with Crippen LogP contribution >= 0.6 is 173 Å². The van der Waals surface area contributed by atoms with Crippen LogP contribution in [0, 0.1) is 3.57 Å². The zero-order chi connectivity index (χ0) is 35.0. The molecule has 2 aromatic heterocycles. The van der Waals surface area contributed by atoms with E-state index >= 15 is 0 Å². The first-order valence-electron chi connectivity index (χ1n) is 14.3. The van der Waals surface area contributed by atoms with Gasteiger partial charge in [0, 0.05) is 86.8 Å². The fourth-order valence-electron chi connectivity index (χ4n) is 5.10. The van der Waals surface area contributed by atoms with E-state index in [0.29, 0.717) is 0 Å². The van der Waals surface area contributed by atoms with Crippen LogP contribution < -0.4 is 5.73 Å². The minimum Gasteiger partial charge on any atom is -0.398 e. The Labute approximate surface area is 381 Å². The maximum absolute atomic E-state index is 5.54. The summed E-state index contributed by atoms with van der Waals surface area (Å²) in [6.07, 6.45) is 0.879. The van der Waals surface area contributed by atoms with Gasteiger partial charge >= 0.3 is 0 Å². The van der Waals surface area contributed by atoms with E-state index in [-0.39, 0.29) is 8.85 Å². The van der Waals surface area contributed by atoms with E-state index < -0.39 is 0 Å². The molecule has 0 fully saturated rings. The van der Waals surface area contributed by atoms with Gasteiger partial charge in [-0.3, -0.25) is 0 Å². The number of fused-ring (bicyclic) bond motifs is 6. The van der Waals surface area contributed by atoms with Crippen LogP contribution in [0.25, 0.3) is 40.3 Å². The van der Waals surface area contributed by atoms with Crippen LogP contribution in [0.2, 0.25) is 0 Å². The predicted molar refractivity (Wildman–Crippen MR) is 262 cm³/mol. The van der Waals surface area contributed by atoms with E-state index in [0.717, 1.165) is 43.4 Å². The van der Waals surface area contributed by atoms with Crippen molar-refractivity contribution in [1.29, 1.82) is 0 Å². The number of benzene rings is 6. The summed E-state index contributed by atoms with van der Waals surface area (Å²) in [5.74, 6) is 0. The van der Waals surface area contributed by atoms with Crippen molar-refractivity contribution in [3.63, 3.8) is 0 Å². The van der Waals surface area contributed by atoms with Crippen LogP contribution in [-0.4, -0.2) is 0 Å². The average Bonchev–Trinajstić information content (AvgIpc) is 3.57. The van der Waals surface area contributed by atoms with Gasteiger partial charge in [-0.1, -0.05) is 115 Å². The van der Waals surface area contributed by atoms with Crippen molar-refractivity contribution in [2.45, 2.75) is 13.8 Å². The molecule has 0 bridgehead atoms. The molecule has 0 amide bonds. The Morgan fingerprint density at radius 2 is 0.900 bits per heavy atom. The normalized spacial score (nSPS) is 10.9. The van der Waals surface area contributed by atoms with Crippen molar-refractivity contribution in [2.24, 2.45) is 0 Å². The Morgan fingerprint density at radius 3 is 1.46 bits per heavy atom. The molecule has 8 rings (SSSR count). The fourth-order valence-corrected chi connectivity index (χ4v) is 11.5. The lowest BCUT2D eigenvalue weighted by molar-refractivity contribution is 1.17. The highest BCUT2D eigenvalue weighted by Crippen LogP contribution is 2.40. The summed E-state index contributed by atoms with van der Waals surface area (Å²) < 4.78 is 15.3. The first kappa shape index (κ1) is 41.3. The number of halogens is 9. The van der Waals surface area contributed by atoms with Gasteiger partial charge in [0.1, 0.15) is 0 Å². The van der Waals surface area contributed by atoms with Gasteiger partial charge < -0.3 is 5.73 Å². The second-order valence-corrected chi connectivity index (χ2v) is 21.2. The van der Waals surface area contributed by atoms with Crippen molar-refractivity contribution in [1.82, 2.24) is 0 Å². The van der Waals surface area contributed by atoms with Gasteiger partial charge in [0.25, 0.3) is 0 Å². The van der Waals surface area contributed by atoms with E-state index in [1.54, 1.807) is 0 Å². The zero-order valence-electron chi connectivity index (χ0n) is 24.7. The van der Waals surface area contributed by atoms with Crippen LogP contribution in [0.4, 0.5) is 5.69 Å². The van der Waals surface area contributed by atoms with Gasteiger partial charge in [0.05, 0.1) is 0 Å². The Morgan fingerprint density at radius 1 is 0.460 bits per heavy atom. The molecule has 0 aliphatic heterocycles. The van der Waals surface area contributed by atoms with Crippen molar-refractivity contribution in [3.8, 4) is 0 Å². The van der Waals surface area contributed by atoms with Crippen LogP contribution in [0.5, 0.6) is 0 Å². The SMILES string of the molecule is Brc1ccc(Br)c(Cc2cc3c(cc2Br)sc2cc(Br)ccc23)c1.Brc1ccc2c(c1)sc1cc(Br)c(I)cc12.C.Nc1cc(Br)ccc1Br.[2HH]. The highest BCUT2D eigenvalue weighted by atomic mass is 127. The molecule has 0 atom stereocenters. The number of nitrogen functional groups attached to an aromatic ring is 1. The number of rotatable bonds is 2. The Hall–Kier alpha value is 0.130. The lowest BCUT2D eigenvalue weighted by atomic mass is 10.0. The lowest BCUT2D eigenvalue weighted by Crippen LogP contribution is -1.91. The molecule has 258 valence electrons. The molecule has 2 N–H and O–H groups in total. The summed E-state index contributed by atoms with van der Waals surface area (Å²) in [7, 11) is 0. The standard InChI is InChI=1S/C19H10Br4S.C12H5Br2IS.C6H5Br2N.CH4.H2/c20-12-2-4-16(22)10(6-12)5-11-7-15-14-3-1-13(21)8-18(14)24-19(15)9-17(11)23;13-6-1-2-7-8-4-10(15)9(14)5-12(8)16-11(7)3-6;7-4-1-2-5(8)6(9)3-4;;/h1-4,6-9H,5H2;1-5H;1-3H,9H2;1H4;1H/i;;;;1+1. The molecule has 0 aliphatic rings. The van der Waals surface area contributed by atoms with E-state index in [1.165, 1.54) is 59.5 Å². The predicted octanol–water partition coefficient (Wildman–Crippen LogP) is 18.6. The summed E-state index contributed by atoms with van der Waals surface area (Å²) >= 11 is 34.3. The highest BCUT2D eigenvalue weighted by molar-refractivity contribution is 14.1. The smallest absolute Gasteiger partial charge is 0.0469 e. The molecule has 0 unspecified atom stereocenters. The molecule has 1 nitrogen and oxygen atoms in total. The monoisotopic (exact) mass is 1320 g/mol. The Kier molecular flexibility index (Phi) is 15.0. The molecule has 0 saturated heterocycles. The summed E-state index contributed by atoms with van der Waals surface area (Å²) in [6.45, 7) is 0. The van der Waals surface area contributed by atoms with Crippen LogP contribution in [0.1, 0.15) is 20.0 Å². The molecular weight excluding hydrogens is 1300 g/mol. The molecule has 0 spiro atoms. The molecular formula is C38H26Br8INS2. The summed E-state index contributed by atoms with van der Waals surface area (Å²) in [5.41, 5.74) is 8.86. The molecule has 6 aromatic carbocycles. The van der Waals surface area contributed by atoms with Gasteiger partial charge in [-0.05, 0) is 157 Å². The molecule has 50 heavy (non-hydrogen) atoms. The molecule has 0 aliphatic carbocycles. The first-order chi connectivity index (χ1) is 23.4. The zero-order valence-corrected chi connectivity index (χ0v) is 41.2. The molecule has 8 aromatic rings. The summed E-state index contributed by atoms with van der Waals surface area (Å²) in [5, 5.41) is 5.33. The molecule has 12 heteroatoms. The van der Waals surface area contributed by atoms with Gasteiger partial charge in [0.15, 0.2) is 0 Å². The Balaban J connectivity index is 0.000000187. The van der Waals surface area contributed by atoms with Gasteiger partial charge in [-0.15, -0.1) is 22.7 Å². The van der Waals surface area contributed by atoms with Crippen molar-refractivity contribution in [3.05, 3.63) is 148 Å². The third-order valence-corrected chi connectivity index (χ3v) is 16.2. The quantitative estimate of drug-likeness (QED) is 0.135. The number of nitrogens with two attached hydrogens (primary N) is 1. The number of hydrogen-bond acceptors (Lipinski definition) is 3. The lowest BCUT2D eigenvalue weighted by Gasteiger charge is -2.08. The summed E-state index contributed by atoms with van der Waals surface area (Å²) in [4.78, 5) is 0. The van der Waals surface area contributed by atoms with Gasteiger partial charge in [-0.2, -0.15) is 0 Å². The first-order valence-corrected chi connectivity index (χ1v) is 23.3. The van der Waals surface area contributed by atoms with Crippen molar-refractivity contribution in [2.75, 3.05) is 5.73 Å². The second-order valence-electron chi connectivity index (χ2n) is 10.8. The average molecular weight is 1330 g/mol. The van der Waals surface area contributed by atoms with Crippen molar-refractivity contribution >= 4 is 219 Å². The number of hydrogen-bond donors (Lipinski definition) is 1. The maximum atomic E-state index is 5.54. The van der Waals surface area contributed by atoms with Crippen LogP contribution in [0.3, 0.4) is 0 Å². The number of thiophene rings is 2. The third kappa shape index (κ3) is 9.86. The topological polar surface area (TPSA) is 26.0 Å².